The Balaban J connectivity index is 2.01. The molecule has 3 N–H and O–H groups in total. The molecule has 0 aliphatic rings. The molecule has 0 saturated heterocycles. The maximum absolute atomic E-state index is 12.8. The Morgan fingerprint density at radius 2 is 1.81 bits per heavy atom. The molecule has 0 amide bonds. The Bertz CT molecular complexity index is 1120. The van der Waals surface area contributed by atoms with Crippen LogP contribution >= 0.6 is 11.8 Å². The van der Waals surface area contributed by atoms with Crippen LogP contribution in [0, 0.1) is 0 Å². The third kappa shape index (κ3) is 2.78. The van der Waals surface area contributed by atoms with Gasteiger partial charge < -0.3 is 15.1 Å². The zero-order chi connectivity index (χ0) is 18.1. The van der Waals surface area contributed by atoms with Gasteiger partial charge in [0.2, 0.25) is 5.88 Å². The summed E-state index contributed by atoms with van der Waals surface area (Å²) < 4.78 is 0. The molecule has 0 aliphatic heterocycles. The van der Waals surface area contributed by atoms with Gasteiger partial charge >= 0.3 is 0 Å². The molecular formula is C20H17N3O2S. The predicted octanol–water partition coefficient (Wildman–Crippen LogP) is 3.86. The standard InChI is InChI=1S/C20H17N3O2S/c1-26-20-22-18(24)17(19(25)23-20)16(12-7-3-2-4-8-12)14-11-21-15-10-6-5-9-13(14)15/h2-11,16,21H,1H3,(H2,22,23,24,25). The van der Waals surface area contributed by atoms with Crippen LogP contribution < -0.4 is 5.56 Å². The maximum atomic E-state index is 12.8. The minimum Gasteiger partial charge on any atom is -0.493 e. The van der Waals surface area contributed by atoms with Crippen LogP contribution in [0.2, 0.25) is 0 Å². The van der Waals surface area contributed by atoms with E-state index in [1.807, 2.05) is 60.8 Å². The van der Waals surface area contributed by atoms with Gasteiger partial charge in [0.05, 0.1) is 5.56 Å². The minimum absolute atomic E-state index is 0.239. The van der Waals surface area contributed by atoms with Crippen LogP contribution in [-0.2, 0) is 0 Å². The van der Waals surface area contributed by atoms with Gasteiger partial charge in [0.1, 0.15) is 0 Å². The number of aromatic hydroxyl groups is 1. The Kier molecular flexibility index (Phi) is 4.26. The first kappa shape index (κ1) is 16.5. The molecule has 26 heavy (non-hydrogen) atoms. The molecule has 0 radical (unpaired) electrons. The van der Waals surface area contributed by atoms with E-state index in [0.717, 1.165) is 22.0 Å². The lowest BCUT2D eigenvalue weighted by atomic mass is 9.86. The normalized spacial score (nSPS) is 12.3. The van der Waals surface area contributed by atoms with Gasteiger partial charge in [0, 0.05) is 23.0 Å². The summed E-state index contributed by atoms with van der Waals surface area (Å²) >= 11 is 1.28. The van der Waals surface area contributed by atoms with Gasteiger partial charge in [-0.25, -0.2) is 0 Å². The lowest BCUT2D eigenvalue weighted by molar-refractivity contribution is 0.435. The van der Waals surface area contributed by atoms with Crippen molar-refractivity contribution in [1.29, 1.82) is 0 Å². The fraction of sp³-hybridized carbons (Fsp3) is 0.100. The van der Waals surface area contributed by atoms with Crippen molar-refractivity contribution in [3.63, 3.8) is 0 Å². The molecule has 0 aliphatic carbocycles. The predicted molar refractivity (Wildman–Crippen MR) is 104 cm³/mol. The average Bonchev–Trinajstić information content (AvgIpc) is 3.09. The van der Waals surface area contributed by atoms with Gasteiger partial charge in [-0.05, 0) is 23.4 Å². The molecule has 5 nitrogen and oxygen atoms in total. The fourth-order valence-corrected chi connectivity index (χ4v) is 3.66. The minimum atomic E-state index is -0.431. The third-order valence-corrected chi connectivity index (χ3v) is 5.04. The summed E-state index contributed by atoms with van der Waals surface area (Å²) in [7, 11) is 0. The first-order chi connectivity index (χ1) is 12.7. The van der Waals surface area contributed by atoms with Crippen molar-refractivity contribution in [2.24, 2.45) is 0 Å². The highest BCUT2D eigenvalue weighted by atomic mass is 32.2. The van der Waals surface area contributed by atoms with Crippen LogP contribution in [0.3, 0.4) is 0 Å². The highest BCUT2D eigenvalue weighted by Crippen LogP contribution is 2.37. The Morgan fingerprint density at radius 3 is 2.54 bits per heavy atom. The SMILES string of the molecule is CSc1nc(O)c(C(c2ccccc2)c2c[nH]c3ccccc23)c(=O)[nH]1. The lowest BCUT2D eigenvalue weighted by Gasteiger charge is -2.18. The van der Waals surface area contributed by atoms with Gasteiger partial charge in [-0.2, -0.15) is 4.98 Å². The van der Waals surface area contributed by atoms with Gasteiger partial charge in [-0.3, -0.25) is 4.79 Å². The quantitative estimate of drug-likeness (QED) is 0.380. The summed E-state index contributed by atoms with van der Waals surface area (Å²) in [6, 6.07) is 17.6. The van der Waals surface area contributed by atoms with Gasteiger partial charge in [-0.1, -0.05) is 60.3 Å². The average molecular weight is 363 g/mol. The number of thioether (sulfide) groups is 1. The Hall–Kier alpha value is -2.99. The molecule has 2 aromatic heterocycles. The maximum Gasteiger partial charge on any atom is 0.259 e. The molecule has 4 aromatic rings. The summed E-state index contributed by atoms with van der Waals surface area (Å²) in [6.45, 7) is 0. The number of aromatic amines is 2. The van der Waals surface area contributed by atoms with Crippen LogP contribution in [0.5, 0.6) is 5.88 Å². The molecule has 1 atom stereocenters. The topological polar surface area (TPSA) is 81.8 Å². The van der Waals surface area contributed by atoms with Crippen LogP contribution in [0.1, 0.15) is 22.6 Å². The summed E-state index contributed by atoms with van der Waals surface area (Å²) in [5.74, 6) is -0.670. The summed E-state index contributed by atoms with van der Waals surface area (Å²) in [4.78, 5) is 22.9. The smallest absolute Gasteiger partial charge is 0.259 e. The van der Waals surface area contributed by atoms with Gasteiger partial charge in [-0.15, -0.1) is 0 Å². The molecule has 0 fully saturated rings. The van der Waals surface area contributed by atoms with Gasteiger partial charge in [0.25, 0.3) is 5.56 Å². The molecule has 0 saturated carbocycles. The molecule has 1 unspecified atom stereocenters. The first-order valence-corrected chi connectivity index (χ1v) is 9.39. The van der Waals surface area contributed by atoms with E-state index < -0.39 is 5.92 Å². The van der Waals surface area contributed by atoms with E-state index in [1.54, 1.807) is 6.26 Å². The number of nitrogens with zero attached hydrogens (tertiary/aromatic N) is 1. The Labute approximate surface area is 154 Å². The van der Waals surface area contributed by atoms with Crippen molar-refractivity contribution in [3.8, 4) is 5.88 Å². The van der Waals surface area contributed by atoms with Crippen molar-refractivity contribution in [1.82, 2.24) is 15.0 Å². The number of aromatic nitrogens is 3. The second-order valence-corrected chi connectivity index (χ2v) is 6.74. The van der Waals surface area contributed by atoms with E-state index in [1.165, 1.54) is 11.8 Å². The molecule has 2 heterocycles. The van der Waals surface area contributed by atoms with Crippen LogP contribution in [-0.4, -0.2) is 26.3 Å². The zero-order valence-electron chi connectivity index (χ0n) is 14.1. The van der Waals surface area contributed by atoms with Crippen LogP contribution in [0.15, 0.2) is 70.7 Å². The zero-order valence-corrected chi connectivity index (χ0v) is 14.9. The molecular weight excluding hydrogens is 346 g/mol. The van der Waals surface area contributed by atoms with E-state index in [2.05, 4.69) is 15.0 Å². The van der Waals surface area contributed by atoms with Crippen LogP contribution in [0.25, 0.3) is 10.9 Å². The summed E-state index contributed by atoms with van der Waals surface area (Å²) in [5.41, 5.74) is 2.73. The molecule has 0 spiro atoms. The number of H-pyrrole nitrogens is 2. The molecule has 130 valence electrons. The number of nitrogens with one attached hydrogen (secondary N) is 2. The van der Waals surface area contributed by atoms with E-state index in [4.69, 9.17) is 0 Å². The number of fused-ring (bicyclic) bond motifs is 1. The second-order valence-electron chi connectivity index (χ2n) is 5.95. The molecule has 2 aromatic carbocycles. The second kappa shape index (κ2) is 6.72. The summed E-state index contributed by atoms with van der Waals surface area (Å²) in [5, 5.41) is 12.0. The molecule has 6 heteroatoms. The summed E-state index contributed by atoms with van der Waals surface area (Å²) in [6.07, 6.45) is 3.69. The molecule has 0 bridgehead atoms. The third-order valence-electron chi connectivity index (χ3n) is 4.46. The number of hydrogen-bond donors (Lipinski definition) is 3. The monoisotopic (exact) mass is 363 g/mol. The van der Waals surface area contributed by atoms with Crippen molar-refractivity contribution in [2.75, 3.05) is 6.26 Å². The highest BCUT2D eigenvalue weighted by Gasteiger charge is 2.27. The van der Waals surface area contributed by atoms with Gasteiger partial charge in [0.15, 0.2) is 5.16 Å². The van der Waals surface area contributed by atoms with Crippen molar-refractivity contribution >= 4 is 22.7 Å². The van der Waals surface area contributed by atoms with E-state index >= 15 is 0 Å². The van der Waals surface area contributed by atoms with Crippen molar-refractivity contribution < 1.29 is 5.11 Å². The van der Waals surface area contributed by atoms with Crippen molar-refractivity contribution in [2.45, 2.75) is 11.1 Å². The Morgan fingerprint density at radius 1 is 1.08 bits per heavy atom. The van der Waals surface area contributed by atoms with Crippen LogP contribution in [0.4, 0.5) is 0 Å². The number of para-hydroxylation sites is 1. The number of rotatable bonds is 4. The number of benzene rings is 2. The number of hydrogen-bond acceptors (Lipinski definition) is 4. The first-order valence-electron chi connectivity index (χ1n) is 8.17. The molecule has 4 rings (SSSR count). The largest absolute Gasteiger partial charge is 0.493 e. The fourth-order valence-electron chi connectivity index (χ4n) is 3.29. The van der Waals surface area contributed by atoms with E-state index in [9.17, 15) is 9.90 Å². The van der Waals surface area contributed by atoms with E-state index in [0.29, 0.717) is 5.16 Å². The van der Waals surface area contributed by atoms with E-state index in [-0.39, 0.29) is 17.0 Å². The lowest BCUT2D eigenvalue weighted by Crippen LogP contribution is -2.20. The highest BCUT2D eigenvalue weighted by molar-refractivity contribution is 7.98. The van der Waals surface area contributed by atoms with Crippen molar-refractivity contribution in [3.05, 3.63) is 87.8 Å².